The second kappa shape index (κ2) is 10.4. The van der Waals surface area contributed by atoms with Crippen molar-refractivity contribution in [1.82, 2.24) is 4.98 Å². The predicted octanol–water partition coefficient (Wildman–Crippen LogP) is 9.43. The van der Waals surface area contributed by atoms with Gasteiger partial charge in [-0.05, 0) is 51.4 Å². The van der Waals surface area contributed by atoms with Crippen LogP contribution in [0.5, 0.6) is 0 Å². The summed E-state index contributed by atoms with van der Waals surface area (Å²) in [5, 5.41) is 6.32. The first-order valence-electron chi connectivity index (χ1n) is 12.9. The van der Waals surface area contributed by atoms with Crippen molar-refractivity contribution in [2.45, 2.75) is 46.1 Å². The van der Waals surface area contributed by atoms with Gasteiger partial charge in [-0.2, -0.15) is 0 Å². The largest absolute Gasteiger partial charge is 0.380 e. The Morgan fingerprint density at radius 1 is 0.611 bits per heavy atom. The van der Waals surface area contributed by atoms with E-state index >= 15 is 0 Å². The number of anilines is 1. The Morgan fingerprint density at radius 3 is 1.97 bits per heavy atom. The topological polar surface area (TPSA) is 24.9 Å². The number of nitrogens with one attached hydrogen (secondary N) is 1. The third kappa shape index (κ3) is 4.77. The maximum atomic E-state index is 5.14. The van der Waals surface area contributed by atoms with Gasteiger partial charge < -0.3 is 5.32 Å². The molecule has 0 amide bonds. The van der Waals surface area contributed by atoms with Gasteiger partial charge in [0.2, 0.25) is 0 Å². The zero-order valence-electron chi connectivity index (χ0n) is 21.6. The molecule has 0 atom stereocenters. The molecule has 1 heterocycles. The van der Waals surface area contributed by atoms with Crippen LogP contribution in [0.15, 0.2) is 103 Å². The van der Waals surface area contributed by atoms with Crippen LogP contribution in [0.3, 0.4) is 0 Å². The summed E-state index contributed by atoms with van der Waals surface area (Å²) in [6.45, 7) is 9.81. The highest BCUT2D eigenvalue weighted by molar-refractivity contribution is 5.97. The molecule has 1 N–H and O–H groups in total. The maximum Gasteiger partial charge on any atom is 0.0719 e. The quantitative estimate of drug-likeness (QED) is 0.256. The molecule has 0 aliphatic heterocycles. The number of aromatic nitrogens is 1. The molecule has 4 aromatic carbocycles. The fourth-order valence-corrected chi connectivity index (χ4v) is 5.05. The van der Waals surface area contributed by atoms with Crippen LogP contribution in [0.1, 0.15) is 56.2 Å². The lowest BCUT2D eigenvalue weighted by molar-refractivity contribution is 0.833. The van der Waals surface area contributed by atoms with Crippen LogP contribution < -0.4 is 5.32 Å². The molecule has 0 bridgehead atoms. The van der Waals surface area contributed by atoms with E-state index in [1.54, 1.807) is 0 Å². The number of para-hydroxylation sites is 1. The molecular weight excluding hydrogens is 436 g/mol. The molecule has 0 saturated carbocycles. The summed E-state index contributed by atoms with van der Waals surface area (Å²) < 4.78 is 0. The summed E-state index contributed by atoms with van der Waals surface area (Å²) in [4.78, 5) is 5.14. The summed E-state index contributed by atoms with van der Waals surface area (Å²) in [7, 11) is 0. The molecule has 2 nitrogen and oxygen atoms in total. The fourth-order valence-electron chi connectivity index (χ4n) is 5.05. The van der Waals surface area contributed by atoms with Gasteiger partial charge in [0, 0.05) is 23.4 Å². The van der Waals surface area contributed by atoms with Crippen molar-refractivity contribution in [3.05, 3.63) is 120 Å². The third-order valence-electron chi connectivity index (χ3n) is 6.92. The van der Waals surface area contributed by atoms with Crippen molar-refractivity contribution in [1.29, 1.82) is 0 Å². The minimum atomic E-state index is 0.450. The molecule has 1 aromatic heterocycles. The second-order valence-corrected chi connectivity index (χ2v) is 10.1. The third-order valence-corrected chi connectivity index (χ3v) is 6.92. The average molecular weight is 471 g/mol. The van der Waals surface area contributed by atoms with Crippen LogP contribution >= 0.6 is 0 Å². The highest BCUT2D eigenvalue weighted by atomic mass is 14.9. The molecular formula is C34H34N2. The number of rotatable bonds is 7. The number of pyridine rings is 1. The zero-order chi connectivity index (χ0) is 25.1. The first kappa shape index (κ1) is 23.8. The van der Waals surface area contributed by atoms with Crippen molar-refractivity contribution in [2.24, 2.45) is 0 Å². The van der Waals surface area contributed by atoms with Gasteiger partial charge in [0.05, 0.1) is 11.4 Å². The van der Waals surface area contributed by atoms with Gasteiger partial charge in [-0.1, -0.05) is 119 Å². The Balaban J connectivity index is 1.61. The Morgan fingerprint density at radius 2 is 1.25 bits per heavy atom. The molecule has 0 saturated heterocycles. The van der Waals surface area contributed by atoms with E-state index in [1.807, 2.05) is 6.07 Å². The smallest absolute Gasteiger partial charge is 0.0719 e. The minimum absolute atomic E-state index is 0.450. The molecule has 0 fully saturated rings. The van der Waals surface area contributed by atoms with E-state index in [0.717, 1.165) is 23.5 Å². The molecule has 36 heavy (non-hydrogen) atoms. The summed E-state index contributed by atoms with van der Waals surface area (Å²) in [6.07, 6.45) is 0. The van der Waals surface area contributed by atoms with E-state index in [4.69, 9.17) is 4.98 Å². The van der Waals surface area contributed by atoms with Gasteiger partial charge in [0.25, 0.3) is 0 Å². The number of hydrogen-bond acceptors (Lipinski definition) is 2. The Bertz CT molecular complexity index is 1460. The minimum Gasteiger partial charge on any atom is -0.380 e. The van der Waals surface area contributed by atoms with Crippen molar-refractivity contribution in [2.75, 3.05) is 5.32 Å². The SMILES string of the molecule is CC(C)c1cccc(C(C)C)c1NCc1ccc2ccccc2c1-c1cccc(-c2ccccc2)n1. The summed E-state index contributed by atoms with van der Waals surface area (Å²) in [6, 6.07) is 36.6. The zero-order valence-corrected chi connectivity index (χ0v) is 21.6. The van der Waals surface area contributed by atoms with E-state index in [1.165, 1.54) is 38.7 Å². The van der Waals surface area contributed by atoms with Crippen molar-refractivity contribution in [3.8, 4) is 22.5 Å². The molecule has 5 aromatic rings. The lowest BCUT2D eigenvalue weighted by atomic mass is 9.92. The normalized spacial score (nSPS) is 11.4. The van der Waals surface area contributed by atoms with Crippen molar-refractivity contribution < 1.29 is 0 Å². The Hall–Kier alpha value is -3.91. The molecule has 0 unspecified atom stereocenters. The standard InChI is InChI=1S/C34H34N2/c1-23(2)28-16-10-17-29(24(3)4)34(28)35-22-27-21-20-25-12-8-9-15-30(25)33(27)32-19-11-18-31(36-32)26-13-6-5-7-14-26/h5-21,23-24,35H,22H2,1-4H3. The maximum absolute atomic E-state index is 5.14. The van der Waals surface area contributed by atoms with Crippen LogP contribution in [0.2, 0.25) is 0 Å². The summed E-state index contributed by atoms with van der Waals surface area (Å²) >= 11 is 0. The lowest BCUT2D eigenvalue weighted by Gasteiger charge is -2.22. The van der Waals surface area contributed by atoms with E-state index in [0.29, 0.717) is 11.8 Å². The lowest BCUT2D eigenvalue weighted by Crippen LogP contribution is -2.09. The summed E-state index contributed by atoms with van der Waals surface area (Å²) in [5.74, 6) is 0.901. The first-order chi connectivity index (χ1) is 17.5. The van der Waals surface area contributed by atoms with Crippen LogP contribution in [0, 0.1) is 0 Å². The van der Waals surface area contributed by atoms with Crippen LogP contribution in [-0.4, -0.2) is 4.98 Å². The summed E-state index contributed by atoms with van der Waals surface area (Å²) in [5.41, 5.74) is 9.59. The molecule has 180 valence electrons. The van der Waals surface area contributed by atoms with Gasteiger partial charge in [-0.15, -0.1) is 0 Å². The van der Waals surface area contributed by atoms with Gasteiger partial charge in [-0.3, -0.25) is 0 Å². The van der Waals surface area contributed by atoms with Gasteiger partial charge in [0.1, 0.15) is 0 Å². The first-order valence-corrected chi connectivity index (χ1v) is 12.9. The van der Waals surface area contributed by atoms with E-state index in [2.05, 4.69) is 130 Å². The number of fused-ring (bicyclic) bond motifs is 1. The van der Waals surface area contributed by atoms with Crippen molar-refractivity contribution in [3.63, 3.8) is 0 Å². The molecule has 5 rings (SSSR count). The van der Waals surface area contributed by atoms with Crippen molar-refractivity contribution >= 4 is 16.5 Å². The Kier molecular flexibility index (Phi) is 6.86. The molecule has 0 spiro atoms. The van der Waals surface area contributed by atoms with E-state index < -0.39 is 0 Å². The van der Waals surface area contributed by atoms with Crippen LogP contribution in [-0.2, 0) is 6.54 Å². The monoisotopic (exact) mass is 470 g/mol. The highest BCUT2D eigenvalue weighted by Crippen LogP contribution is 2.36. The second-order valence-electron chi connectivity index (χ2n) is 10.1. The van der Waals surface area contributed by atoms with Gasteiger partial charge in [-0.25, -0.2) is 4.98 Å². The van der Waals surface area contributed by atoms with E-state index in [-0.39, 0.29) is 0 Å². The fraction of sp³-hybridized carbons (Fsp3) is 0.206. The molecule has 0 radical (unpaired) electrons. The van der Waals surface area contributed by atoms with Crippen LogP contribution in [0.4, 0.5) is 5.69 Å². The number of benzene rings is 4. The number of nitrogens with zero attached hydrogens (tertiary/aromatic N) is 1. The Labute approximate surface area is 215 Å². The molecule has 0 aliphatic rings. The number of hydrogen-bond donors (Lipinski definition) is 1. The molecule has 2 heteroatoms. The van der Waals surface area contributed by atoms with Crippen LogP contribution in [0.25, 0.3) is 33.3 Å². The molecule has 0 aliphatic carbocycles. The highest BCUT2D eigenvalue weighted by Gasteiger charge is 2.16. The van der Waals surface area contributed by atoms with Gasteiger partial charge >= 0.3 is 0 Å². The van der Waals surface area contributed by atoms with Gasteiger partial charge in [0.15, 0.2) is 0 Å². The average Bonchev–Trinajstić information content (AvgIpc) is 2.91. The van der Waals surface area contributed by atoms with E-state index in [9.17, 15) is 0 Å². The predicted molar refractivity (Wildman–Crippen MR) is 155 cm³/mol.